The summed E-state index contributed by atoms with van der Waals surface area (Å²) >= 11 is 0. The highest BCUT2D eigenvalue weighted by atomic mass is 16.5. The molecule has 1 saturated heterocycles. The number of ketones is 1. The topological polar surface area (TPSA) is 32.8 Å². The van der Waals surface area contributed by atoms with Crippen molar-refractivity contribution in [2.75, 3.05) is 40.3 Å². The molecule has 4 heteroatoms. The molecule has 0 N–H and O–H groups in total. The summed E-state index contributed by atoms with van der Waals surface area (Å²) in [5.74, 6) is 1.03. The van der Waals surface area contributed by atoms with E-state index in [1.165, 1.54) is 0 Å². The number of rotatable bonds is 5. The molecule has 110 valence electrons. The molecule has 0 bridgehead atoms. The van der Waals surface area contributed by atoms with Crippen LogP contribution in [0.1, 0.15) is 23.7 Å². The fraction of sp³-hybridized carbons (Fsp3) is 0.562. The van der Waals surface area contributed by atoms with Gasteiger partial charge in [0.15, 0.2) is 5.78 Å². The fourth-order valence-corrected chi connectivity index (χ4v) is 2.56. The highest BCUT2D eigenvalue weighted by Gasteiger charge is 2.24. The molecule has 1 fully saturated rings. The maximum absolute atomic E-state index is 12.3. The van der Waals surface area contributed by atoms with Crippen LogP contribution in [0.25, 0.3) is 0 Å². The number of ether oxygens (including phenoxy) is 1. The zero-order valence-corrected chi connectivity index (χ0v) is 12.6. The van der Waals surface area contributed by atoms with Gasteiger partial charge in [-0.05, 0) is 45.3 Å². The van der Waals surface area contributed by atoms with E-state index in [2.05, 4.69) is 23.9 Å². The molecule has 1 unspecified atom stereocenters. The minimum atomic E-state index is 0.209. The lowest BCUT2D eigenvalue weighted by Gasteiger charge is -2.37. The van der Waals surface area contributed by atoms with Crippen LogP contribution in [-0.2, 0) is 0 Å². The molecule has 1 aromatic rings. The van der Waals surface area contributed by atoms with E-state index in [0.29, 0.717) is 19.1 Å². The van der Waals surface area contributed by atoms with Gasteiger partial charge in [-0.25, -0.2) is 0 Å². The van der Waals surface area contributed by atoms with Crippen molar-refractivity contribution < 1.29 is 9.53 Å². The van der Waals surface area contributed by atoms with Crippen LogP contribution in [-0.4, -0.2) is 62.0 Å². The van der Waals surface area contributed by atoms with Gasteiger partial charge in [-0.3, -0.25) is 4.79 Å². The number of hydrogen-bond donors (Lipinski definition) is 0. The van der Waals surface area contributed by atoms with E-state index >= 15 is 0 Å². The van der Waals surface area contributed by atoms with Crippen molar-refractivity contribution in [2.45, 2.75) is 19.4 Å². The Morgan fingerprint density at radius 2 is 1.95 bits per heavy atom. The molecular weight excluding hydrogens is 252 g/mol. The molecule has 4 nitrogen and oxygen atoms in total. The highest BCUT2D eigenvalue weighted by molar-refractivity contribution is 5.96. The number of likely N-dealkylation sites (N-methyl/N-ethyl adjacent to an activating group) is 2. The zero-order valence-electron chi connectivity index (χ0n) is 12.6. The van der Waals surface area contributed by atoms with Gasteiger partial charge in [-0.15, -0.1) is 0 Å². The van der Waals surface area contributed by atoms with Gasteiger partial charge in [0.2, 0.25) is 0 Å². The van der Waals surface area contributed by atoms with Crippen LogP contribution in [0, 0.1) is 0 Å². The van der Waals surface area contributed by atoms with Gasteiger partial charge < -0.3 is 14.5 Å². The first-order valence-electron chi connectivity index (χ1n) is 7.25. The smallest absolute Gasteiger partial charge is 0.164 e. The first-order chi connectivity index (χ1) is 9.60. The molecule has 1 atom stereocenters. The Kier molecular flexibility index (Phi) is 5.15. The van der Waals surface area contributed by atoms with Gasteiger partial charge in [0.05, 0.1) is 6.61 Å². The van der Waals surface area contributed by atoms with E-state index in [1.54, 1.807) is 0 Å². The predicted molar refractivity (Wildman–Crippen MR) is 80.5 cm³/mol. The summed E-state index contributed by atoms with van der Waals surface area (Å²) in [5, 5.41) is 0. The summed E-state index contributed by atoms with van der Waals surface area (Å²) in [5.41, 5.74) is 0.773. The number of carbonyl (C=O) groups excluding carboxylic acids is 1. The number of piperazine rings is 1. The third-order valence-corrected chi connectivity index (χ3v) is 3.89. The van der Waals surface area contributed by atoms with Crippen molar-refractivity contribution in [3.05, 3.63) is 29.8 Å². The van der Waals surface area contributed by atoms with E-state index in [-0.39, 0.29) is 5.78 Å². The van der Waals surface area contributed by atoms with Crippen LogP contribution in [0.3, 0.4) is 0 Å². The molecule has 1 aromatic carbocycles. The van der Waals surface area contributed by atoms with Gasteiger partial charge in [0, 0.05) is 37.7 Å². The van der Waals surface area contributed by atoms with Crippen LogP contribution in [0.4, 0.5) is 0 Å². The van der Waals surface area contributed by atoms with Crippen LogP contribution in [0.2, 0.25) is 0 Å². The van der Waals surface area contributed by atoms with Gasteiger partial charge in [0.1, 0.15) is 5.75 Å². The van der Waals surface area contributed by atoms with Crippen molar-refractivity contribution >= 4 is 5.78 Å². The van der Waals surface area contributed by atoms with Crippen LogP contribution >= 0.6 is 0 Å². The minimum absolute atomic E-state index is 0.209. The zero-order chi connectivity index (χ0) is 14.5. The van der Waals surface area contributed by atoms with E-state index in [9.17, 15) is 4.79 Å². The second kappa shape index (κ2) is 6.86. The Hall–Kier alpha value is -1.39. The SMILES string of the molecule is CCOc1ccc(C(=O)CC2CN(C)CCN2C)cc1. The van der Waals surface area contributed by atoms with Crippen molar-refractivity contribution in [1.29, 1.82) is 0 Å². The number of nitrogens with zero attached hydrogens (tertiary/aromatic N) is 2. The Morgan fingerprint density at radius 1 is 1.25 bits per heavy atom. The number of benzene rings is 1. The van der Waals surface area contributed by atoms with Crippen molar-refractivity contribution in [3.8, 4) is 5.75 Å². The Morgan fingerprint density at radius 3 is 2.60 bits per heavy atom. The van der Waals surface area contributed by atoms with Crippen molar-refractivity contribution in [1.82, 2.24) is 9.80 Å². The van der Waals surface area contributed by atoms with E-state index in [0.717, 1.165) is 30.9 Å². The number of carbonyl (C=O) groups is 1. The van der Waals surface area contributed by atoms with Crippen molar-refractivity contribution in [3.63, 3.8) is 0 Å². The molecular formula is C16H24N2O2. The van der Waals surface area contributed by atoms with Crippen LogP contribution in [0.15, 0.2) is 24.3 Å². The van der Waals surface area contributed by atoms with Crippen LogP contribution < -0.4 is 4.74 Å². The summed E-state index contributed by atoms with van der Waals surface area (Å²) in [6.07, 6.45) is 0.578. The largest absolute Gasteiger partial charge is 0.494 e. The summed E-state index contributed by atoms with van der Waals surface area (Å²) < 4.78 is 5.40. The molecule has 0 saturated carbocycles. The Balaban J connectivity index is 1.96. The normalized spacial score (nSPS) is 20.9. The van der Waals surface area contributed by atoms with Gasteiger partial charge in [-0.1, -0.05) is 0 Å². The molecule has 0 aliphatic carbocycles. The van der Waals surface area contributed by atoms with E-state index in [4.69, 9.17) is 4.74 Å². The third-order valence-electron chi connectivity index (χ3n) is 3.89. The summed E-state index contributed by atoms with van der Waals surface area (Å²) in [7, 11) is 4.21. The van der Waals surface area contributed by atoms with Crippen molar-refractivity contribution in [2.24, 2.45) is 0 Å². The standard InChI is InChI=1S/C16H24N2O2/c1-4-20-15-7-5-13(6-8-15)16(19)11-14-12-17(2)9-10-18(14)3/h5-8,14H,4,9-12H2,1-3H3. The average Bonchev–Trinajstić information content (AvgIpc) is 2.44. The lowest BCUT2D eigenvalue weighted by atomic mass is 10.0. The Bertz CT molecular complexity index is 444. The molecule has 0 amide bonds. The monoisotopic (exact) mass is 276 g/mol. The number of hydrogen-bond acceptors (Lipinski definition) is 4. The highest BCUT2D eigenvalue weighted by Crippen LogP contribution is 2.16. The lowest BCUT2D eigenvalue weighted by Crippen LogP contribution is -2.50. The lowest BCUT2D eigenvalue weighted by molar-refractivity contribution is 0.0810. The quantitative estimate of drug-likeness (QED) is 0.769. The first kappa shape index (κ1) is 15.0. The maximum atomic E-state index is 12.3. The minimum Gasteiger partial charge on any atom is -0.494 e. The van der Waals surface area contributed by atoms with Gasteiger partial charge >= 0.3 is 0 Å². The molecule has 2 rings (SSSR count). The van der Waals surface area contributed by atoms with Crippen LogP contribution in [0.5, 0.6) is 5.75 Å². The molecule has 0 aromatic heterocycles. The van der Waals surface area contributed by atoms with Gasteiger partial charge in [-0.2, -0.15) is 0 Å². The third kappa shape index (κ3) is 3.81. The maximum Gasteiger partial charge on any atom is 0.164 e. The summed E-state index contributed by atoms with van der Waals surface area (Å²) in [6, 6.07) is 7.77. The average molecular weight is 276 g/mol. The van der Waals surface area contributed by atoms with Gasteiger partial charge in [0.25, 0.3) is 0 Å². The molecule has 1 aliphatic heterocycles. The summed E-state index contributed by atoms with van der Waals surface area (Å²) in [4.78, 5) is 16.9. The molecule has 20 heavy (non-hydrogen) atoms. The molecule has 0 radical (unpaired) electrons. The second-order valence-corrected chi connectivity index (χ2v) is 5.48. The molecule has 1 heterocycles. The predicted octanol–water partition coefficient (Wildman–Crippen LogP) is 1.90. The fourth-order valence-electron chi connectivity index (χ4n) is 2.56. The first-order valence-corrected chi connectivity index (χ1v) is 7.25. The Labute approximate surface area is 121 Å². The number of Topliss-reactive ketones (excluding diaryl/α,β-unsaturated/α-hetero) is 1. The molecule has 0 spiro atoms. The van der Waals surface area contributed by atoms with E-state index < -0.39 is 0 Å². The summed E-state index contributed by atoms with van der Waals surface area (Å²) in [6.45, 7) is 5.65. The second-order valence-electron chi connectivity index (χ2n) is 5.48. The molecule has 1 aliphatic rings. The van der Waals surface area contributed by atoms with E-state index in [1.807, 2.05) is 31.2 Å².